The lowest BCUT2D eigenvalue weighted by Gasteiger charge is -2.01. The van der Waals surface area contributed by atoms with E-state index >= 15 is 0 Å². The third kappa shape index (κ3) is 2.89. The van der Waals surface area contributed by atoms with Gasteiger partial charge in [0.2, 0.25) is 0 Å². The molecule has 2 heterocycles. The molecule has 2 rings (SSSR count). The van der Waals surface area contributed by atoms with Crippen LogP contribution in [0.15, 0.2) is 30.7 Å². The first-order valence-corrected chi connectivity index (χ1v) is 5.84. The molecule has 0 aromatic carbocycles. The summed E-state index contributed by atoms with van der Waals surface area (Å²) in [6, 6.07) is 2.89. The van der Waals surface area contributed by atoms with Crippen LogP contribution in [-0.2, 0) is 6.54 Å². The first-order valence-electron chi connectivity index (χ1n) is 5.03. The van der Waals surface area contributed by atoms with E-state index < -0.39 is 5.97 Å². The molecule has 0 atom stereocenters. The topological polar surface area (TPSA) is 92.2 Å². The van der Waals surface area contributed by atoms with Gasteiger partial charge in [-0.25, -0.2) is 4.79 Å². The number of nitrogens with one attached hydrogen (secondary N) is 1. The maximum Gasteiger partial charge on any atom is 0.345 e. The van der Waals surface area contributed by atoms with E-state index in [-0.39, 0.29) is 17.3 Å². The fourth-order valence-corrected chi connectivity index (χ4v) is 2.02. The number of amides is 1. The molecule has 0 fully saturated rings. The number of rotatable bonds is 4. The van der Waals surface area contributed by atoms with Gasteiger partial charge in [-0.2, -0.15) is 0 Å². The van der Waals surface area contributed by atoms with Crippen molar-refractivity contribution in [3.63, 3.8) is 0 Å². The molecule has 2 aromatic heterocycles. The normalized spacial score (nSPS) is 10.0. The van der Waals surface area contributed by atoms with Crippen LogP contribution in [0.1, 0.15) is 25.0 Å². The number of aromatic nitrogens is 2. The number of nitrogens with zero attached hydrogens (tertiary/aromatic N) is 2. The highest BCUT2D eigenvalue weighted by atomic mass is 32.1. The van der Waals surface area contributed by atoms with Crippen LogP contribution in [0.5, 0.6) is 0 Å². The predicted molar refractivity (Wildman–Crippen MR) is 64.5 cm³/mol. The van der Waals surface area contributed by atoms with Crippen LogP contribution in [0.4, 0.5) is 0 Å². The number of carboxylic acids is 1. The number of carboxylic acid groups (broad SMARTS) is 1. The molecule has 2 aromatic rings. The predicted octanol–water partition coefficient (Wildman–Crippen LogP) is 1.17. The molecule has 6 nitrogen and oxygen atoms in total. The van der Waals surface area contributed by atoms with E-state index in [1.807, 2.05) is 0 Å². The Morgan fingerprint density at radius 1 is 1.28 bits per heavy atom. The summed E-state index contributed by atoms with van der Waals surface area (Å²) in [5.74, 6) is -1.36. The Kier molecular flexibility index (Phi) is 3.63. The van der Waals surface area contributed by atoms with Crippen LogP contribution in [0.25, 0.3) is 0 Å². The first kappa shape index (κ1) is 12.2. The first-order chi connectivity index (χ1) is 8.66. The van der Waals surface area contributed by atoms with Gasteiger partial charge in [0.1, 0.15) is 4.88 Å². The molecular formula is C11H9N3O3S. The zero-order valence-corrected chi connectivity index (χ0v) is 9.98. The minimum atomic E-state index is -1.03. The van der Waals surface area contributed by atoms with Gasteiger partial charge in [0, 0.05) is 12.4 Å². The van der Waals surface area contributed by atoms with E-state index in [9.17, 15) is 9.59 Å². The molecule has 2 N–H and O–H groups in total. The van der Waals surface area contributed by atoms with Crippen LogP contribution >= 0.6 is 11.3 Å². The van der Waals surface area contributed by atoms with E-state index in [4.69, 9.17) is 5.11 Å². The van der Waals surface area contributed by atoms with Crippen LogP contribution in [-0.4, -0.2) is 27.0 Å². The number of thiophene rings is 1. The van der Waals surface area contributed by atoms with Gasteiger partial charge in [0.15, 0.2) is 0 Å². The lowest BCUT2D eigenvalue weighted by atomic mass is 10.4. The highest BCUT2D eigenvalue weighted by Crippen LogP contribution is 2.16. The molecule has 0 bridgehead atoms. The molecular weight excluding hydrogens is 254 g/mol. The summed E-state index contributed by atoms with van der Waals surface area (Å²) in [6.07, 6.45) is 4.64. The van der Waals surface area contributed by atoms with Gasteiger partial charge in [0.25, 0.3) is 5.91 Å². The molecule has 92 valence electrons. The van der Waals surface area contributed by atoms with E-state index in [1.165, 1.54) is 18.3 Å². The SMILES string of the molecule is O=C(O)c1ccc(C(=O)NCc2cnccn2)s1. The highest BCUT2D eigenvalue weighted by molar-refractivity contribution is 7.15. The van der Waals surface area contributed by atoms with Crippen LogP contribution in [0.2, 0.25) is 0 Å². The Bertz CT molecular complexity index is 568. The minimum Gasteiger partial charge on any atom is -0.477 e. The van der Waals surface area contributed by atoms with Crippen molar-refractivity contribution in [3.05, 3.63) is 46.2 Å². The fraction of sp³-hybridized carbons (Fsp3) is 0.0909. The second kappa shape index (κ2) is 5.37. The number of hydrogen-bond donors (Lipinski definition) is 2. The monoisotopic (exact) mass is 263 g/mol. The number of aromatic carboxylic acids is 1. The van der Waals surface area contributed by atoms with Crippen molar-refractivity contribution in [3.8, 4) is 0 Å². The van der Waals surface area contributed by atoms with Crippen LogP contribution < -0.4 is 5.32 Å². The smallest absolute Gasteiger partial charge is 0.345 e. The fourth-order valence-electron chi connectivity index (χ4n) is 1.25. The quantitative estimate of drug-likeness (QED) is 0.863. The Hall–Kier alpha value is -2.28. The van der Waals surface area contributed by atoms with Crippen molar-refractivity contribution in [2.45, 2.75) is 6.54 Å². The van der Waals surface area contributed by atoms with Crippen molar-refractivity contribution in [1.29, 1.82) is 0 Å². The summed E-state index contributed by atoms with van der Waals surface area (Å²) in [4.78, 5) is 30.8. The van der Waals surface area contributed by atoms with Gasteiger partial charge in [-0.15, -0.1) is 11.3 Å². The molecule has 0 aliphatic carbocycles. The molecule has 0 radical (unpaired) electrons. The number of carbonyl (C=O) groups excluding carboxylic acids is 1. The summed E-state index contributed by atoms with van der Waals surface area (Å²) >= 11 is 0.937. The lowest BCUT2D eigenvalue weighted by Crippen LogP contribution is -2.22. The molecule has 0 unspecified atom stereocenters. The average Bonchev–Trinajstić information content (AvgIpc) is 2.87. The maximum atomic E-state index is 11.7. The Balaban J connectivity index is 1.97. The molecule has 0 aliphatic rings. The van der Waals surface area contributed by atoms with Crippen molar-refractivity contribution in [1.82, 2.24) is 15.3 Å². The van der Waals surface area contributed by atoms with Gasteiger partial charge in [0.05, 0.1) is 23.3 Å². The van der Waals surface area contributed by atoms with E-state index in [0.29, 0.717) is 10.6 Å². The van der Waals surface area contributed by atoms with E-state index in [0.717, 1.165) is 11.3 Å². The van der Waals surface area contributed by atoms with Crippen LogP contribution in [0.3, 0.4) is 0 Å². The summed E-state index contributed by atoms with van der Waals surface area (Å²) in [6.45, 7) is 0.257. The zero-order chi connectivity index (χ0) is 13.0. The van der Waals surface area contributed by atoms with Gasteiger partial charge >= 0.3 is 5.97 Å². The molecule has 7 heteroatoms. The number of carbonyl (C=O) groups is 2. The Labute approximate surface area is 106 Å². The third-order valence-electron chi connectivity index (χ3n) is 2.09. The van der Waals surface area contributed by atoms with Gasteiger partial charge in [-0.05, 0) is 12.1 Å². The standard InChI is InChI=1S/C11H9N3O3S/c15-10(8-1-2-9(18-8)11(16)17)14-6-7-5-12-3-4-13-7/h1-5H,6H2,(H,14,15)(H,16,17). The molecule has 0 aliphatic heterocycles. The second-order valence-electron chi connectivity index (χ2n) is 3.35. The molecule has 0 saturated carbocycles. The van der Waals surface area contributed by atoms with Crippen molar-refractivity contribution >= 4 is 23.2 Å². The third-order valence-corrected chi connectivity index (χ3v) is 3.16. The minimum absolute atomic E-state index is 0.139. The summed E-state index contributed by atoms with van der Waals surface area (Å²) in [5, 5.41) is 11.4. The van der Waals surface area contributed by atoms with Gasteiger partial charge < -0.3 is 10.4 Å². The summed E-state index contributed by atoms with van der Waals surface area (Å²) in [5.41, 5.74) is 0.640. The largest absolute Gasteiger partial charge is 0.477 e. The van der Waals surface area contributed by atoms with Crippen molar-refractivity contribution in [2.24, 2.45) is 0 Å². The van der Waals surface area contributed by atoms with Crippen molar-refractivity contribution < 1.29 is 14.7 Å². The molecule has 18 heavy (non-hydrogen) atoms. The van der Waals surface area contributed by atoms with Gasteiger partial charge in [-0.1, -0.05) is 0 Å². The van der Waals surface area contributed by atoms with E-state index in [1.54, 1.807) is 12.4 Å². The average molecular weight is 263 g/mol. The zero-order valence-electron chi connectivity index (χ0n) is 9.16. The number of hydrogen-bond acceptors (Lipinski definition) is 5. The Morgan fingerprint density at radius 3 is 2.67 bits per heavy atom. The van der Waals surface area contributed by atoms with Gasteiger partial charge in [-0.3, -0.25) is 14.8 Å². The highest BCUT2D eigenvalue weighted by Gasteiger charge is 2.12. The summed E-state index contributed by atoms with van der Waals surface area (Å²) < 4.78 is 0. The van der Waals surface area contributed by atoms with Crippen LogP contribution in [0, 0.1) is 0 Å². The molecule has 1 amide bonds. The molecule has 0 spiro atoms. The second-order valence-corrected chi connectivity index (χ2v) is 4.43. The summed E-state index contributed by atoms with van der Waals surface area (Å²) in [7, 11) is 0. The van der Waals surface area contributed by atoms with E-state index in [2.05, 4.69) is 15.3 Å². The maximum absolute atomic E-state index is 11.7. The molecule has 0 saturated heterocycles. The lowest BCUT2D eigenvalue weighted by molar-refractivity contribution is 0.0702. The van der Waals surface area contributed by atoms with Crippen molar-refractivity contribution in [2.75, 3.05) is 0 Å². The Morgan fingerprint density at radius 2 is 2.06 bits per heavy atom.